The third kappa shape index (κ3) is 4.28. The summed E-state index contributed by atoms with van der Waals surface area (Å²) >= 11 is 0. The van der Waals surface area contributed by atoms with Crippen LogP contribution in [0.15, 0.2) is 54.9 Å². The molecule has 1 N–H and O–H groups in total. The highest BCUT2D eigenvalue weighted by Crippen LogP contribution is 2.40. The Kier molecular flexibility index (Phi) is 5.47. The maximum atomic E-state index is 13.3. The van der Waals surface area contributed by atoms with E-state index in [1.807, 2.05) is 52.8 Å². The summed E-state index contributed by atoms with van der Waals surface area (Å²) in [5.41, 5.74) is 4.47. The fourth-order valence-electron chi connectivity index (χ4n) is 4.16. The van der Waals surface area contributed by atoms with Gasteiger partial charge >= 0.3 is 0 Å². The molecule has 3 heterocycles. The Labute approximate surface area is 187 Å². The monoisotopic (exact) mass is 428 g/mol. The van der Waals surface area contributed by atoms with E-state index in [9.17, 15) is 4.79 Å². The molecule has 164 valence electrons. The lowest BCUT2D eigenvalue weighted by Crippen LogP contribution is -2.30. The van der Waals surface area contributed by atoms with E-state index in [0.29, 0.717) is 24.6 Å². The zero-order valence-corrected chi connectivity index (χ0v) is 18.5. The van der Waals surface area contributed by atoms with Crippen LogP contribution >= 0.6 is 0 Å². The van der Waals surface area contributed by atoms with Crippen LogP contribution < -0.4 is 5.32 Å². The Bertz CT molecular complexity index is 1220. The normalized spacial score (nSPS) is 14.6. The van der Waals surface area contributed by atoms with Crippen LogP contribution in [-0.4, -0.2) is 37.0 Å². The van der Waals surface area contributed by atoms with Gasteiger partial charge in [0.1, 0.15) is 0 Å². The van der Waals surface area contributed by atoms with Crippen molar-refractivity contribution in [2.75, 3.05) is 6.54 Å². The third-order valence-electron chi connectivity index (χ3n) is 5.98. The second-order valence-electron chi connectivity index (χ2n) is 8.84. The van der Waals surface area contributed by atoms with Crippen LogP contribution in [-0.2, 0) is 13.1 Å². The molecule has 1 aliphatic rings. The molecule has 7 heteroatoms. The van der Waals surface area contributed by atoms with E-state index in [1.54, 1.807) is 6.20 Å². The number of amides is 1. The minimum atomic E-state index is -0.0611. The summed E-state index contributed by atoms with van der Waals surface area (Å²) < 4.78 is 3.83. The first-order valence-electron chi connectivity index (χ1n) is 11.3. The lowest BCUT2D eigenvalue weighted by Gasteiger charge is -2.14. The second kappa shape index (κ2) is 8.57. The van der Waals surface area contributed by atoms with E-state index in [4.69, 9.17) is 10.1 Å². The van der Waals surface area contributed by atoms with E-state index in [-0.39, 0.29) is 11.8 Å². The number of nitrogens with one attached hydrogen (secondary N) is 1. The van der Waals surface area contributed by atoms with Gasteiger partial charge in [-0.1, -0.05) is 37.3 Å². The number of benzene rings is 1. The van der Waals surface area contributed by atoms with E-state index < -0.39 is 0 Å². The summed E-state index contributed by atoms with van der Waals surface area (Å²) in [5.74, 6) is 0.653. The Morgan fingerprint density at radius 3 is 2.75 bits per heavy atom. The van der Waals surface area contributed by atoms with Gasteiger partial charge < -0.3 is 5.32 Å². The molecule has 0 aliphatic heterocycles. The van der Waals surface area contributed by atoms with Gasteiger partial charge in [-0.05, 0) is 43.4 Å². The molecule has 1 saturated carbocycles. The lowest BCUT2D eigenvalue weighted by atomic mass is 10.1. The van der Waals surface area contributed by atoms with Gasteiger partial charge in [-0.3, -0.25) is 9.48 Å². The van der Waals surface area contributed by atoms with Gasteiger partial charge in [0.25, 0.3) is 5.91 Å². The molecule has 1 fully saturated rings. The van der Waals surface area contributed by atoms with Gasteiger partial charge in [0.05, 0.1) is 23.2 Å². The van der Waals surface area contributed by atoms with E-state index in [0.717, 1.165) is 47.4 Å². The van der Waals surface area contributed by atoms with Crippen molar-refractivity contribution in [3.8, 4) is 0 Å². The van der Waals surface area contributed by atoms with Crippen molar-refractivity contribution < 1.29 is 4.79 Å². The second-order valence-corrected chi connectivity index (χ2v) is 8.84. The third-order valence-corrected chi connectivity index (χ3v) is 5.98. The fraction of sp³-hybridized carbons (Fsp3) is 0.360. The van der Waals surface area contributed by atoms with Crippen molar-refractivity contribution in [2.24, 2.45) is 5.92 Å². The van der Waals surface area contributed by atoms with Crippen molar-refractivity contribution in [3.63, 3.8) is 0 Å². The molecular weight excluding hydrogens is 400 g/mol. The number of fused-ring (bicyclic) bond motifs is 1. The molecule has 7 nitrogen and oxygen atoms in total. The number of carbonyl (C=O) groups excluding carboxylic acids is 1. The molecule has 0 bridgehead atoms. The molecule has 0 spiro atoms. The molecular formula is C25H28N6O. The van der Waals surface area contributed by atoms with Crippen molar-refractivity contribution in [1.29, 1.82) is 0 Å². The number of aromatic nitrogens is 5. The topological polar surface area (TPSA) is 77.6 Å². The molecule has 32 heavy (non-hydrogen) atoms. The van der Waals surface area contributed by atoms with E-state index in [1.165, 1.54) is 0 Å². The van der Waals surface area contributed by atoms with E-state index >= 15 is 0 Å². The number of hydrogen-bond acceptors (Lipinski definition) is 4. The summed E-state index contributed by atoms with van der Waals surface area (Å²) in [6.45, 7) is 6.05. The smallest absolute Gasteiger partial charge is 0.252 e. The molecule has 1 aliphatic carbocycles. The Hall–Kier alpha value is -3.48. The van der Waals surface area contributed by atoms with Gasteiger partial charge in [0.15, 0.2) is 5.65 Å². The van der Waals surface area contributed by atoms with Gasteiger partial charge in [0, 0.05) is 37.1 Å². The largest absolute Gasteiger partial charge is 0.352 e. The van der Waals surface area contributed by atoms with Crippen LogP contribution in [0, 0.1) is 12.8 Å². The minimum absolute atomic E-state index is 0.0611. The maximum Gasteiger partial charge on any atom is 0.252 e. The van der Waals surface area contributed by atoms with Crippen molar-refractivity contribution in [3.05, 3.63) is 77.4 Å². The highest BCUT2D eigenvalue weighted by molar-refractivity contribution is 6.06. The highest BCUT2D eigenvalue weighted by Gasteiger charge is 2.29. The molecule has 1 atom stereocenters. The first-order valence-corrected chi connectivity index (χ1v) is 11.3. The highest BCUT2D eigenvalue weighted by atomic mass is 16.1. The maximum absolute atomic E-state index is 13.3. The molecule has 5 rings (SSSR count). The summed E-state index contributed by atoms with van der Waals surface area (Å²) in [5, 5.41) is 13.0. The van der Waals surface area contributed by atoms with Gasteiger partial charge in [0.2, 0.25) is 0 Å². The number of hydrogen-bond donors (Lipinski definition) is 1. The molecule has 0 saturated heterocycles. The van der Waals surface area contributed by atoms with E-state index in [2.05, 4.69) is 29.5 Å². The zero-order chi connectivity index (χ0) is 22.1. The SMILES string of the molecule is Cc1nn(Cc2ccccc2)c2nc(C3CC3)cc(C(=O)NC[C@@H](C)Cn3cccn3)c12. The molecule has 4 aromatic rings. The zero-order valence-electron chi connectivity index (χ0n) is 18.5. The van der Waals surface area contributed by atoms with Crippen molar-refractivity contribution >= 4 is 16.9 Å². The standard InChI is InChI=1S/C25H28N6O/c1-17(15-30-12-6-11-27-30)14-26-25(32)21-13-22(20-9-10-20)28-24-23(21)18(2)29-31(24)16-19-7-4-3-5-8-19/h3-8,11-13,17,20H,9-10,14-16H2,1-2H3,(H,26,32)/t17-/m1/s1. The minimum Gasteiger partial charge on any atom is -0.352 e. The van der Waals surface area contributed by atoms with Crippen molar-refractivity contribution in [1.82, 2.24) is 29.9 Å². The molecule has 1 amide bonds. The summed E-state index contributed by atoms with van der Waals surface area (Å²) in [6.07, 6.45) is 5.98. The summed E-state index contributed by atoms with van der Waals surface area (Å²) in [7, 11) is 0. The van der Waals surface area contributed by atoms with Gasteiger partial charge in [-0.15, -0.1) is 0 Å². The molecule has 1 aromatic carbocycles. The van der Waals surface area contributed by atoms with Crippen molar-refractivity contribution in [2.45, 2.75) is 45.7 Å². The molecule has 0 radical (unpaired) electrons. The average Bonchev–Trinajstić information content (AvgIpc) is 3.45. The van der Waals surface area contributed by atoms with Crippen LogP contribution in [0.5, 0.6) is 0 Å². The first-order chi connectivity index (χ1) is 15.6. The number of rotatable bonds is 8. The van der Waals surface area contributed by atoms with Crippen LogP contribution in [0.3, 0.4) is 0 Å². The predicted octanol–water partition coefficient (Wildman–Crippen LogP) is 3.93. The summed E-state index contributed by atoms with van der Waals surface area (Å²) in [6, 6.07) is 14.1. The van der Waals surface area contributed by atoms with Crippen LogP contribution in [0.4, 0.5) is 0 Å². The van der Waals surface area contributed by atoms with Gasteiger partial charge in [-0.25, -0.2) is 9.67 Å². The predicted molar refractivity (Wildman–Crippen MR) is 124 cm³/mol. The number of pyridine rings is 1. The molecule has 3 aromatic heterocycles. The Morgan fingerprint density at radius 1 is 1.22 bits per heavy atom. The van der Waals surface area contributed by atoms with Gasteiger partial charge in [-0.2, -0.15) is 10.2 Å². The fourth-order valence-corrected chi connectivity index (χ4v) is 4.16. The summed E-state index contributed by atoms with van der Waals surface area (Å²) in [4.78, 5) is 18.2. The Balaban J connectivity index is 1.43. The average molecular weight is 429 g/mol. The van der Waals surface area contributed by atoms with Crippen LogP contribution in [0.1, 0.15) is 53.0 Å². The number of aryl methyl sites for hydroxylation is 1. The Morgan fingerprint density at radius 2 is 2.03 bits per heavy atom. The lowest BCUT2D eigenvalue weighted by molar-refractivity contribution is 0.0948. The quantitative estimate of drug-likeness (QED) is 0.461. The van der Waals surface area contributed by atoms with Crippen LogP contribution in [0.25, 0.3) is 11.0 Å². The first kappa shape index (κ1) is 20.4. The number of carbonyl (C=O) groups is 1. The van der Waals surface area contributed by atoms with Crippen LogP contribution in [0.2, 0.25) is 0 Å². The molecule has 0 unspecified atom stereocenters. The number of nitrogens with zero attached hydrogens (tertiary/aromatic N) is 5.